The number of H-pyrrole nitrogens is 1. The smallest absolute Gasteiger partial charge is 0.290 e. The van der Waals surface area contributed by atoms with Crippen molar-refractivity contribution in [3.05, 3.63) is 11.6 Å². The van der Waals surface area contributed by atoms with Gasteiger partial charge >= 0.3 is 0 Å². The molecule has 2 atom stereocenters. The Balaban J connectivity index is 1.31. The van der Waals surface area contributed by atoms with Crippen molar-refractivity contribution in [2.75, 3.05) is 20.1 Å². The normalized spacial score (nSPS) is 27.8. The van der Waals surface area contributed by atoms with Crippen LogP contribution in [0.1, 0.15) is 54.5 Å². The van der Waals surface area contributed by atoms with E-state index in [4.69, 9.17) is 0 Å². The summed E-state index contributed by atoms with van der Waals surface area (Å²) in [4.78, 5) is 30.3. The van der Waals surface area contributed by atoms with Gasteiger partial charge in [0.2, 0.25) is 11.7 Å². The molecule has 1 aliphatic heterocycles. The van der Waals surface area contributed by atoms with Crippen LogP contribution in [-0.2, 0) is 4.79 Å². The summed E-state index contributed by atoms with van der Waals surface area (Å²) in [7, 11) is 1.56. The van der Waals surface area contributed by atoms with Crippen LogP contribution in [0.5, 0.6) is 0 Å². The largest absolute Gasteiger partial charge is 0.352 e. The second-order valence-corrected chi connectivity index (χ2v) is 7.07. The molecule has 4 rings (SSSR count). The molecule has 0 unspecified atom stereocenters. The molecule has 0 aromatic carbocycles. The molecular formula is C16H23N5O2. The van der Waals surface area contributed by atoms with E-state index in [0.717, 1.165) is 44.1 Å². The Morgan fingerprint density at radius 3 is 2.61 bits per heavy atom. The Morgan fingerprint density at radius 2 is 1.96 bits per heavy atom. The molecule has 3 aliphatic rings. The molecule has 23 heavy (non-hydrogen) atoms. The molecule has 2 aliphatic carbocycles. The number of amides is 2. The Bertz CT molecular complexity index is 616. The molecule has 2 N–H and O–H groups in total. The van der Waals surface area contributed by atoms with E-state index in [-0.39, 0.29) is 17.6 Å². The highest BCUT2D eigenvalue weighted by Gasteiger charge is 2.52. The lowest BCUT2D eigenvalue weighted by molar-refractivity contribution is -0.134. The lowest BCUT2D eigenvalue weighted by Gasteiger charge is -2.31. The first-order valence-corrected chi connectivity index (χ1v) is 8.60. The zero-order valence-corrected chi connectivity index (χ0v) is 13.4. The highest BCUT2D eigenvalue weighted by molar-refractivity contribution is 5.90. The third kappa shape index (κ3) is 2.84. The summed E-state index contributed by atoms with van der Waals surface area (Å²) in [6, 6.07) is 0. The molecule has 3 fully saturated rings. The van der Waals surface area contributed by atoms with Crippen LogP contribution in [0.25, 0.3) is 0 Å². The third-order valence-electron chi connectivity index (χ3n) is 5.51. The summed E-state index contributed by atoms with van der Waals surface area (Å²) < 4.78 is 0. The quantitative estimate of drug-likeness (QED) is 0.864. The number of piperidine rings is 1. The number of nitrogens with zero attached hydrogens (tertiary/aromatic N) is 3. The molecule has 2 heterocycles. The minimum absolute atomic E-state index is 0.186. The van der Waals surface area contributed by atoms with E-state index < -0.39 is 0 Å². The van der Waals surface area contributed by atoms with E-state index in [2.05, 4.69) is 20.5 Å². The molecule has 1 aromatic rings. The van der Waals surface area contributed by atoms with Gasteiger partial charge in [0.05, 0.1) is 0 Å². The Kier molecular flexibility index (Phi) is 3.58. The maximum absolute atomic E-state index is 12.5. The molecule has 0 spiro atoms. The third-order valence-corrected chi connectivity index (χ3v) is 5.51. The highest BCUT2D eigenvalue weighted by atomic mass is 16.2. The zero-order valence-electron chi connectivity index (χ0n) is 13.4. The number of hydrogen-bond donors (Lipinski definition) is 2. The van der Waals surface area contributed by atoms with Crippen molar-refractivity contribution in [2.45, 2.75) is 38.0 Å². The van der Waals surface area contributed by atoms with Gasteiger partial charge in [-0.25, -0.2) is 4.98 Å². The van der Waals surface area contributed by atoms with Gasteiger partial charge < -0.3 is 10.2 Å². The molecule has 0 radical (unpaired) electrons. The van der Waals surface area contributed by atoms with E-state index >= 15 is 0 Å². The van der Waals surface area contributed by atoms with Crippen LogP contribution in [0.4, 0.5) is 0 Å². The Labute approximate surface area is 135 Å². The second-order valence-electron chi connectivity index (χ2n) is 7.07. The van der Waals surface area contributed by atoms with Gasteiger partial charge in [-0.05, 0) is 43.9 Å². The fourth-order valence-electron chi connectivity index (χ4n) is 3.82. The lowest BCUT2D eigenvalue weighted by atomic mass is 9.96. The Morgan fingerprint density at radius 1 is 1.22 bits per heavy atom. The molecular weight excluding hydrogens is 294 g/mol. The standard InChI is InChI=1S/C16H23N5O2/c1-17-15(22)14-18-13(19-20-14)10-4-6-21(7-5-10)16(23)12-8-11(12)9-2-3-9/h9-12H,2-8H2,1H3,(H,17,22)(H,18,19,20)/t11-,12+/m1/s1. The summed E-state index contributed by atoms with van der Waals surface area (Å²) in [6.07, 6.45) is 5.54. The molecule has 7 nitrogen and oxygen atoms in total. The predicted molar refractivity (Wildman–Crippen MR) is 82.6 cm³/mol. The van der Waals surface area contributed by atoms with Gasteiger partial charge in [0.25, 0.3) is 5.91 Å². The molecule has 124 valence electrons. The maximum Gasteiger partial charge on any atom is 0.290 e. The topological polar surface area (TPSA) is 91.0 Å². The summed E-state index contributed by atoms with van der Waals surface area (Å²) in [6.45, 7) is 1.57. The maximum atomic E-state index is 12.5. The molecule has 2 saturated carbocycles. The van der Waals surface area contributed by atoms with Crippen LogP contribution in [0, 0.1) is 17.8 Å². The predicted octanol–water partition coefficient (Wildman–Crippen LogP) is 0.916. The van der Waals surface area contributed by atoms with Crippen LogP contribution in [-0.4, -0.2) is 52.0 Å². The van der Waals surface area contributed by atoms with Crippen molar-refractivity contribution in [1.29, 1.82) is 0 Å². The molecule has 0 bridgehead atoms. The number of carbonyl (C=O) groups is 2. The number of nitrogens with one attached hydrogen (secondary N) is 2. The zero-order chi connectivity index (χ0) is 16.0. The monoisotopic (exact) mass is 317 g/mol. The molecule has 1 saturated heterocycles. The number of likely N-dealkylation sites (tertiary alicyclic amines) is 1. The van der Waals surface area contributed by atoms with Crippen molar-refractivity contribution < 1.29 is 9.59 Å². The van der Waals surface area contributed by atoms with Gasteiger partial charge in [-0.2, -0.15) is 0 Å². The minimum Gasteiger partial charge on any atom is -0.352 e. The van der Waals surface area contributed by atoms with E-state index in [1.54, 1.807) is 7.05 Å². The summed E-state index contributed by atoms with van der Waals surface area (Å²) in [5.41, 5.74) is 0. The molecule has 7 heteroatoms. The van der Waals surface area contributed by atoms with Crippen LogP contribution in [0.2, 0.25) is 0 Å². The van der Waals surface area contributed by atoms with Crippen molar-refractivity contribution >= 4 is 11.8 Å². The van der Waals surface area contributed by atoms with Crippen molar-refractivity contribution in [2.24, 2.45) is 17.8 Å². The van der Waals surface area contributed by atoms with Gasteiger partial charge in [0.15, 0.2) is 0 Å². The van der Waals surface area contributed by atoms with Gasteiger partial charge in [0.1, 0.15) is 5.82 Å². The van der Waals surface area contributed by atoms with Gasteiger partial charge in [0, 0.05) is 32.0 Å². The van der Waals surface area contributed by atoms with Crippen molar-refractivity contribution in [1.82, 2.24) is 25.4 Å². The highest BCUT2D eigenvalue weighted by Crippen LogP contribution is 2.55. The lowest BCUT2D eigenvalue weighted by Crippen LogP contribution is -2.39. The van der Waals surface area contributed by atoms with Crippen LogP contribution in [0.3, 0.4) is 0 Å². The number of hydrogen-bond acceptors (Lipinski definition) is 4. The van der Waals surface area contributed by atoms with E-state index in [1.165, 1.54) is 12.8 Å². The van der Waals surface area contributed by atoms with E-state index in [1.807, 2.05) is 4.90 Å². The first-order valence-electron chi connectivity index (χ1n) is 8.60. The fourth-order valence-corrected chi connectivity index (χ4v) is 3.82. The van der Waals surface area contributed by atoms with Crippen LogP contribution >= 0.6 is 0 Å². The second kappa shape index (κ2) is 5.62. The molecule has 1 aromatic heterocycles. The first-order chi connectivity index (χ1) is 11.2. The first kappa shape index (κ1) is 14.7. The number of carbonyl (C=O) groups excluding carboxylic acids is 2. The van der Waals surface area contributed by atoms with Crippen molar-refractivity contribution in [3.8, 4) is 0 Å². The molecule has 2 amide bonds. The summed E-state index contributed by atoms with van der Waals surface area (Å²) >= 11 is 0. The Hall–Kier alpha value is -1.92. The van der Waals surface area contributed by atoms with E-state index in [0.29, 0.717) is 17.7 Å². The number of aromatic nitrogens is 3. The van der Waals surface area contributed by atoms with Crippen molar-refractivity contribution in [3.63, 3.8) is 0 Å². The summed E-state index contributed by atoms with van der Waals surface area (Å²) in [5, 5.41) is 9.36. The minimum atomic E-state index is -0.278. The number of rotatable bonds is 4. The fraction of sp³-hybridized carbons (Fsp3) is 0.750. The SMILES string of the molecule is CNC(=O)c1n[nH]c(C2CCN(C(=O)[C@H]3C[C@@H]3C3CC3)CC2)n1. The van der Waals surface area contributed by atoms with Gasteiger partial charge in [-0.3, -0.25) is 14.7 Å². The average molecular weight is 317 g/mol. The van der Waals surface area contributed by atoms with Gasteiger partial charge in [-0.15, -0.1) is 5.10 Å². The van der Waals surface area contributed by atoms with E-state index in [9.17, 15) is 9.59 Å². The average Bonchev–Trinajstić information content (AvgIpc) is 3.49. The van der Waals surface area contributed by atoms with Crippen LogP contribution < -0.4 is 5.32 Å². The van der Waals surface area contributed by atoms with Crippen LogP contribution in [0.15, 0.2) is 0 Å². The van der Waals surface area contributed by atoms with Gasteiger partial charge in [-0.1, -0.05) is 0 Å². The number of aromatic amines is 1. The summed E-state index contributed by atoms with van der Waals surface area (Å²) in [5.74, 6) is 3.13.